The summed E-state index contributed by atoms with van der Waals surface area (Å²) in [6.45, 7) is 0. The summed E-state index contributed by atoms with van der Waals surface area (Å²) in [6, 6.07) is 1.31. The van der Waals surface area contributed by atoms with E-state index in [0.29, 0.717) is 17.8 Å². The number of thiophene rings is 1. The zero-order chi connectivity index (χ0) is 14.8. The summed E-state index contributed by atoms with van der Waals surface area (Å²) in [4.78, 5) is 22.4. The van der Waals surface area contributed by atoms with Crippen LogP contribution in [0.2, 0.25) is 0 Å². The lowest BCUT2D eigenvalue weighted by Gasteiger charge is -2.10. The van der Waals surface area contributed by atoms with Crippen molar-refractivity contribution in [3.8, 4) is 0 Å². The molecule has 1 aliphatic carbocycles. The normalized spacial score (nSPS) is 16.2. The maximum Gasteiger partial charge on any atom is 0.336 e. The Morgan fingerprint density at radius 2 is 2.00 bits per heavy atom. The zero-order valence-corrected chi connectivity index (χ0v) is 12.3. The molecular formula is C12H15NO5S2. The fourth-order valence-corrected chi connectivity index (χ4v) is 4.75. The number of rotatable bonds is 5. The van der Waals surface area contributed by atoms with E-state index < -0.39 is 32.7 Å². The Labute approximate surface area is 120 Å². The van der Waals surface area contributed by atoms with Gasteiger partial charge in [-0.05, 0) is 18.9 Å². The van der Waals surface area contributed by atoms with Crippen LogP contribution in [0.25, 0.3) is 0 Å². The molecule has 0 aromatic carbocycles. The van der Waals surface area contributed by atoms with E-state index in [2.05, 4.69) is 5.32 Å². The molecule has 1 heterocycles. The SMILES string of the molecule is O=C(CS(=O)(=O)C1CCCC1)Nc1cc(C(=O)O)cs1. The van der Waals surface area contributed by atoms with Gasteiger partial charge in [-0.15, -0.1) is 11.3 Å². The Bertz CT molecular complexity index is 614. The fourth-order valence-electron chi connectivity index (χ4n) is 2.24. The van der Waals surface area contributed by atoms with Crippen LogP contribution in [-0.4, -0.2) is 36.4 Å². The first-order valence-corrected chi connectivity index (χ1v) is 8.81. The molecule has 8 heteroatoms. The highest BCUT2D eigenvalue weighted by atomic mass is 32.2. The summed E-state index contributed by atoms with van der Waals surface area (Å²) in [5.74, 6) is -2.24. The van der Waals surface area contributed by atoms with E-state index >= 15 is 0 Å². The molecule has 1 aromatic rings. The van der Waals surface area contributed by atoms with Gasteiger partial charge in [-0.3, -0.25) is 4.79 Å². The largest absolute Gasteiger partial charge is 0.478 e. The first-order valence-electron chi connectivity index (χ1n) is 6.22. The number of aromatic carboxylic acids is 1. The van der Waals surface area contributed by atoms with Gasteiger partial charge in [-0.1, -0.05) is 12.8 Å². The molecule has 1 fully saturated rings. The fraction of sp³-hybridized carbons (Fsp3) is 0.500. The molecule has 0 aliphatic heterocycles. The number of hydrogen-bond donors (Lipinski definition) is 2. The summed E-state index contributed by atoms with van der Waals surface area (Å²) < 4.78 is 24.0. The lowest BCUT2D eigenvalue weighted by Crippen LogP contribution is -2.29. The maximum atomic E-state index is 12.0. The Kier molecular flexibility index (Phi) is 4.44. The lowest BCUT2D eigenvalue weighted by atomic mass is 10.3. The first kappa shape index (κ1) is 15.0. The molecule has 0 spiro atoms. The third kappa shape index (κ3) is 3.57. The van der Waals surface area contributed by atoms with Crippen molar-refractivity contribution in [1.29, 1.82) is 0 Å². The number of hydrogen-bond acceptors (Lipinski definition) is 5. The molecule has 0 saturated heterocycles. The van der Waals surface area contributed by atoms with Gasteiger partial charge in [0.1, 0.15) is 5.75 Å². The monoisotopic (exact) mass is 317 g/mol. The molecule has 1 saturated carbocycles. The zero-order valence-electron chi connectivity index (χ0n) is 10.7. The van der Waals surface area contributed by atoms with Crippen molar-refractivity contribution in [2.75, 3.05) is 11.1 Å². The number of nitrogens with one attached hydrogen (secondary N) is 1. The van der Waals surface area contributed by atoms with Gasteiger partial charge in [0.2, 0.25) is 5.91 Å². The summed E-state index contributed by atoms with van der Waals surface area (Å²) in [5, 5.41) is 12.5. The second kappa shape index (κ2) is 5.92. The van der Waals surface area contributed by atoms with Crippen molar-refractivity contribution in [2.45, 2.75) is 30.9 Å². The van der Waals surface area contributed by atoms with Crippen LogP contribution >= 0.6 is 11.3 Å². The van der Waals surface area contributed by atoms with Crippen LogP contribution in [0.4, 0.5) is 5.00 Å². The average Bonchev–Trinajstić information content (AvgIpc) is 2.97. The highest BCUT2D eigenvalue weighted by molar-refractivity contribution is 7.92. The molecule has 0 radical (unpaired) electrons. The van der Waals surface area contributed by atoms with Gasteiger partial charge in [0.25, 0.3) is 0 Å². The molecule has 20 heavy (non-hydrogen) atoms. The van der Waals surface area contributed by atoms with Crippen LogP contribution in [0.3, 0.4) is 0 Å². The molecule has 0 bridgehead atoms. The molecule has 1 amide bonds. The van der Waals surface area contributed by atoms with E-state index in [1.807, 2.05) is 0 Å². The number of amides is 1. The minimum Gasteiger partial charge on any atom is -0.478 e. The Morgan fingerprint density at radius 3 is 2.55 bits per heavy atom. The van der Waals surface area contributed by atoms with Crippen LogP contribution in [-0.2, 0) is 14.6 Å². The lowest BCUT2D eigenvalue weighted by molar-refractivity contribution is -0.113. The van der Waals surface area contributed by atoms with Gasteiger partial charge < -0.3 is 10.4 Å². The number of carbonyl (C=O) groups is 2. The van der Waals surface area contributed by atoms with Gasteiger partial charge in [0, 0.05) is 5.38 Å². The number of anilines is 1. The number of carbonyl (C=O) groups excluding carboxylic acids is 1. The van der Waals surface area contributed by atoms with Crippen LogP contribution in [0.5, 0.6) is 0 Å². The maximum absolute atomic E-state index is 12.0. The van der Waals surface area contributed by atoms with Crippen molar-refractivity contribution in [1.82, 2.24) is 0 Å². The standard InChI is InChI=1S/C12H15NO5S2/c14-10(7-20(17,18)9-3-1-2-4-9)13-11-5-8(6-19-11)12(15)16/h5-6,9H,1-4,7H2,(H,13,14)(H,15,16). The minimum absolute atomic E-state index is 0.0731. The number of carboxylic acid groups (broad SMARTS) is 1. The first-order chi connectivity index (χ1) is 9.38. The van der Waals surface area contributed by atoms with Crippen LogP contribution in [0.15, 0.2) is 11.4 Å². The molecule has 0 atom stereocenters. The molecular weight excluding hydrogens is 302 g/mol. The molecule has 110 valence electrons. The van der Waals surface area contributed by atoms with Crippen LogP contribution < -0.4 is 5.32 Å². The predicted octanol–water partition coefficient (Wildman–Crippen LogP) is 1.74. The number of sulfone groups is 1. The van der Waals surface area contributed by atoms with Crippen molar-refractivity contribution < 1.29 is 23.1 Å². The third-order valence-electron chi connectivity index (χ3n) is 3.25. The topological polar surface area (TPSA) is 101 Å². The smallest absolute Gasteiger partial charge is 0.336 e. The van der Waals surface area contributed by atoms with E-state index in [4.69, 9.17) is 5.11 Å². The van der Waals surface area contributed by atoms with E-state index in [0.717, 1.165) is 24.2 Å². The Balaban J connectivity index is 1.96. The summed E-state index contributed by atoms with van der Waals surface area (Å²) >= 11 is 1.06. The second-order valence-electron chi connectivity index (χ2n) is 4.77. The van der Waals surface area contributed by atoms with Gasteiger partial charge in [0.15, 0.2) is 9.84 Å². The highest BCUT2D eigenvalue weighted by Gasteiger charge is 2.30. The van der Waals surface area contributed by atoms with E-state index in [9.17, 15) is 18.0 Å². The minimum atomic E-state index is -3.41. The van der Waals surface area contributed by atoms with Gasteiger partial charge >= 0.3 is 5.97 Å². The Hall–Kier alpha value is -1.41. The third-order valence-corrected chi connectivity index (χ3v) is 6.25. The van der Waals surface area contributed by atoms with Gasteiger partial charge in [-0.25, -0.2) is 13.2 Å². The van der Waals surface area contributed by atoms with Crippen molar-refractivity contribution >= 4 is 38.1 Å². The highest BCUT2D eigenvalue weighted by Crippen LogP contribution is 2.26. The molecule has 1 aliphatic rings. The quantitative estimate of drug-likeness (QED) is 0.861. The molecule has 2 N–H and O–H groups in total. The summed E-state index contributed by atoms with van der Waals surface area (Å²) in [6.07, 6.45) is 3.02. The average molecular weight is 317 g/mol. The Morgan fingerprint density at radius 1 is 1.35 bits per heavy atom. The second-order valence-corrected chi connectivity index (χ2v) is 7.96. The number of carboxylic acids is 1. The van der Waals surface area contributed by atoms with E-state index in [1.54, 1.807) is 0 Å². The molecule has 2 rings (SSSR count). The summed E-state index contributed by atoms with van der Waals surface area (Å²) in [5.41, 5.74) is 0.0731. The molecule has 6 nitrogen and oxygen atoms in total. The van der Waals surface area contributed by atoms with Crippen molar-refractivity contribution in [2.24, 2.45) is 0 Å². The van der Waals surface area contributed by atoms with Crippen molar-refractivity contribution in [3.63, 3.8) is 0 Å². The molecule has 0 unspecified atom stereocenters. The predicted molar refractivity (Wildman–Crippen MR) is 76.0 cm³/mol. The summed E-state index contributed by atoms with van der Waals surface area (Å²) in [7, 11) is -3.41. The van der Waals surface area contributed by atoms with Crippen LogP contribution in [0.1, 0.15) is 36.0 Å². The van der Waals surface area contributed by atoms with Crippen molar-refractivity contribution in [3.05, 3.63) is 17.0 Å². The van der Waals surface area contributed by atoms with E-state index in [1.165, 1.54) is 11.4 Å². The van der Waals surface area contributed by atoms with E-state index in [-0.39, 0.29) is 5.56 Å². The van der Waals surface area contributed by atoms with Crippen LogP contribution in [0, 0.1) is 0 Å². The van der Waals surface area contributed by atoms with Gasteiger partial charge in [-0.2, -0.15) is 0 Å². The molecule has 1 aromatic heterocycles. The van der Waals surface area contributed by atoms with Gasteiger partial charge in [0.05, 0.1) is 15.8 Å².